The molecule has 0 atom stereocenters. The molecule has 2 aromatic heterocycles. The summed E-state index contributed by atoms with van der Waals surface area (Å²) in [7, 11) is 0. The van der Waals surface area contributed by atoms with E-state index in [4.69, 9.17) is 6.57 Å². The van der Waals surface area contributed by atoms with Crippen LogP contribution in [0.1, 0.15) is 22.3 Å². The van der Waals surface area contributed by atoms with E-state index in [0.29, 0.717) is 11.4 Å². The Bertz CT molecular complexity index is 3480. The minimum absolute atomic E-state index is 0.144. The van der Waals surface area contributed by atoms with Crippen LogP contribution in [0.5, 0.6) is 0 Å². The average molecular weight is 783 g/mol. The number of aryl methyl sites for hydroxylation is 2. The Kier molecular flexibility index (Phi) is 8.45. The minimum atomic E-state index is -4.79. The lowest BCUT2D eigenvalue weighted by Gasteiger charge is -2.22. The molecule has 0 N–H and O–H groups in total. The molecule has 7 heteroatoms. The van der Waals surface area contributed by atoms with E-state index in [9.17, 15) is 5.26 Å². The molecule has 0 aliphatic rings. The van der Waals surface area contributed by atoms with Crippen LogP contribution in [0.25, 0.3) is 93.2 Å². The number of rotatable bonds is 5. The number of hydrogen-bond acceptors (Lipinski definition) is 1. The molecule has 2 heterocycles. The maximum Gasteiger partial charge on any atom is 0.415 e. The summed E-state index contributed by atoms with van der Waals surface area (Å²) in [5, 5.41) is 14.7. The highest BCUT2D eigenvalue weighted by molar-refractivity contribution is 6.13. The summed E-state index contributed by atoms with van der Waals surface area (Å²) in [6, 6.07) is 54.0. The van der Waals surface area contributed by atoms with Crippen LogP contribution in [0, 0.1) is 31.8 Å². The van der Waals surface area contributed by atoms with Crippen molar-refractivity contribution in [3.05, 3.63) is 197 Å². The van der Waals surface area contributed by atoms with E-state index in [2.05, 4.69) is 60.3 Å². The second-order valence-electron chi connectivity index (χ2n) is 15.2. The monoisotopic (exact) mass is 782 g/mol. The van der Waals surface area contributed by atoms with Crippen LogP contribution >= 0.6 is 0 Å². The standard InChI is InChI=1S/C53H33F3N4/c1-32-11-8-13-34(25-32)36-21-23-48-41(27-36)39-15-4-6-19-46(39)59(48)50-30-43(52-44(53(54,55)56)17-10-18-45(52)58-3)51(29-38(50)31-57)60-47-20-7-5-16-40(47)42-28-37(22-24-49(42)60)35-14-9-12-33(2)26-35/h4-30H,1-2H3. The fourth-order valence-corrected chi connectivity index (χ4v) is 8.86. The molecule has 0 bridgehead atoms. The number of aromatic nitrogens is 2. The van der Waals surface area contributed by atoms with E-state index in [0.717, 1.165) is 83.1 Å². The van der Waals surface area contributed by atoms with E-state index >= 15 is 13.2 Å². The molecule has 60 heavy (non-hydrogen) atoms. The van der Waals surface area contributed by atoms with E-state index in [1.165, 1.54) is 12.1 Å². The molecular formula is C53H33F3N4. The molecule has 286 valence electrons. The highest BCUT2D eigenvalue weighted by atomic mass is 19.4. The van der Waals surface area contributed by atoms with Gasteiger partial charge in [-0.25, -0.2) is 4.85 Å². The third-order valence-electron chi connectivity index (χ3n) is 11.5. The molecule has 0 aliphatic heterocycles. The zero-order valence-corrected chi connectivity index (χ0v) is 32.5. The van der Waals surface area contributed by atoms with Gasteiger partial charge in [0.05, 0.1) is 51.1 Å². The number of benzene rings is 8. The fraction of sp³-hybridized carbons (Fsp3) is 0.0566. The van der Waals surface area contributed by atoms with Crippen LogP contribution in [0.4, 0.5) is 18.9 Å². The van der Waals surface area contributed by atoms with Crippen molar-refractivity contribution in [3.63, 3.8) is 0 Å². The van der Waals surface area contributed by atoms with Crippen molar-refractivity contribution in [1.29, 1.82) is 5.26 Å². The number of halogens is 3. The number of alkyl halides is 3. The van der Waals surface area contributed by atoms with Crippen LogP contribution in [-0.4, -0.2) is 9.13 Å². The maximum atomic E-state index is 15.2. The summed E-state index contributed by atoms with van der Waals surface area (Å²) in [4.78, 5) is 3.67. The van der Waals surface area contributed by atoms with Crippen molar-refractivity contribution < 1.29 is 13.2 Å². The van der Waals surface area contributed by atoms with E-state index in [1.807, 2.05) is 107 Å². The van der Waals surface area contributed by atoms with Gasteiger partial charge in [0.25, 0.3) is 0 Å². The van der Waals surface area contributed by atoms with E-state index in [-0.39, 0.29) is 22.4 Å². The third kappa shape index (κ3) is 5.82. The van der Waals surface area contributed by atoms with Crippen LogP contribution in [0.2, 0.25) is 0 Å². The Morgan fingerprint density at radius 2 is 1.02 bits per heavy atom. The largest absolute Gasteiger partial charge is 0.415 e. The highest BCUT2D eigenvalue weighted by Gasteiger charge is 2.36. The van der Waals surface area contributed by atoms with Crippen molar-refractivity contribution in [3.8, 4) is 50.8 Å². The Morgan fingerprint density at radius 3 is 1.53 bits per heavy atom. The summed E-state index contributed by atoms with van der Waals surface area (Å²) in [6.45, 7) is 12.2. The van der Waals surface area contributed by atoms with Gasteiger partial charge in [-0.2, -0.15) is 18.4 Å². The first-order chi connectivity index (χ1) is 29.1. The van der Waals surface area contributed by atoms with E-state index < -0.39 is 11.7 Å². The molecule has 0 amide bonds. The zero-order chi connectivity index (χ0) is 41.3. The van der Waals surface area contributed by atoms with Crippen LogP contribution in [0.3, 0.4) is 0 Å². The predicted octanol–water partition coefficient (Wildman–Crippen LogP) is 14.9. The van der Waals surface area contributed by atoms with Crippen LogP contribution in [0.15, 0.2) is 164 Å². The number of fused-ring (bicyclic) bond motifs is 6. The molecule has 10 aromatic rings. The summed E-state index contributed by atoms with van der Waals surface area (Å²) in [5.41, 5.74) is 9.33. The summed E-state index contributed by atoms with van der Waals surface area (Å²) in [5.74, 6) is 0. The van der Waals surface area contributed by atoms with Gasteiger partial charge in [-0.1, -0.05) is 126 Å². The van der Waals surface area contributed by atoms with Gasteiger partial charge in [-0.05, 0) is 90.2 Å². The summed E-state index contributed by atoms with van der Waals surface area (Å²) in [6.07, 6.45) is -4.79. The first-order valence-corrected chi connectivity index (χ1v) is 19.5. The first-order valence-electron chi connectivity index (χ1n) is 19.5. The topological polar surface area (TPSA) is 38.0 Å². The molecular weight excluding hydrogens is 750 g/mol. The molecule has 0 spiro atoms. The summed E-state index contributed by atoms with van der Waals surface area (Å²) < 4.78 is 49.6. The lowest BCUT2D eigenvalue weighted by Crippen LogP contribution is -2.09. The van der Waals surface area contributed by atoms with Gasteiger partial charge >= 0.3 is 6.18 Å². The van der Waals surface area contributed by atoms with Gasteiger partial charge in [0.1, 0.15) is 6.07 Å². The van der Waals surface area contributed by atoms with Crippen molar-refractivity contribution in [2.45, 2.75) is 20.0 Å². The molecule has 8 aromatic carbocycles. The highest BCUT2D eigenvalue weighted by Crippen LogP contribution is 2.48. The van der Waals surface area contributed by atoms with Gasteiger partial charge in [0.2, 0.25) is 0 Å². The molecule has 0 fully saturated rings. The summed E-state index contributed by atoms with van der Waals surface area (Å²) >= 11 is 0. The maximum absolute atomic E-state index is 15.2. The van der Waals surface area contributed by atoms with Crippen molar-refractivity contribution in [2.24, 2.45) is 0 Å². The van der Waals surface area contributed by atoms with Crippen molar-refractivity contribution in [2.75, 3.05) is 0 Å². The Hall–Kier alpha value is -7.87. The molecule has 4 nitrogen and oxygen atoms in total. The molecule has 0 saturated heterocycles. The fourth-order valence-electron chi connectivity index (χ4n) is 8.86. The number of nitrogens with zero attached hydrogens (tertiary/aromatic N) is 4. The second-order valence-corrected chi connectivity index (χ2v) is 15.2. The smallest absolute Gasteiger partial charge is 0.309 e. The van der Waals surface area contributed by atoms with Gasteiger partial charge in [-0.15, -0.1) is 0 Å². The molecule has 0 radical (unpaired) electrons. The predicted molar refractivity (Wildman–Crippen MR) is 237 cm³/mol. The zero-order valence-electron chi connectivity index (χ0n) is 32.5. The first kappa shape index (κ1) is 36.5. The number of hydrogen-bond donors (Lipinski definition) is 0. The third-order valence-corrected chi connectivity index (χ3v) is 11.5. The van der Waals surface area contributed by atoms with Crippen molar-refractivity contribution >= 4 is 49.3 Å². The second kappa shape index (κ2) is 13.9. The average Bonchev–Trinajstić information content (AvgIpc) is 3.77. The lowest BCUT2D eigenvalue weighted by molar-refractivity contribution is -0.137. The quantitative estimate of drug-likeness (QED) is 0.160. The molecule has 0 unspecified atom stereocenters. The number of nitriles is 1. The molecule has 0 aliphatic carbocycles. The lowest BCUT2D eigenvalue weighted by atomic mass is 9.93. The van der Waals surface area contributed by atoms with Gasteiger partial charge in [0.15, 0.2) is 5.69 Å². The Morgan fingerprint density at radius 1 is 0.517 bits per heavy atom. The Balaban J connectivity index is 1.32. The molecule has 10 rings (SSSR count). The van der Waals surface area contributed by atoms with Gasteiger partial charge in [0, 0.05) is 27.1 Å². The van der Waals surface area contributed by atoms with Crippen molar-refractivity contribution in [1.82, 2.24) is 9.13 Å². The van der Waals surface area contributed by atoms with Crippen LogP contribution in [-0.2, 0) is 6.18 Å². The van der Waals surface area contributed by atoms with E-state index in [1.54, 1.807) is 12.1 Å². The van der Waals surface area contributed by atoms with Crippen LogP contribution < -0.4 is 0 Å². The normalized spacial score (nSPS) is 11.7. The Labute approximate surface area is 344 Å². The minimum Gasteiger partial charge on any atom is -0.309 e. The van der Waals surface area contributed by atoms with Gasteiger partial charge < -0.3 is 9.13 Å². The number of para-hydroxylation sites is 2. The van der Waals surface area contributed by atoms with Gasteiger partial charge in [-0.3, -0.25) is 0 Å². The SMILES string of the molecule is [C-]#[N+]c1cccc(C(F)(F)F)c1-c1cc(-n2c3ccccc3c3cc(-c4cccc(C)c4)ccc32)c(C#N)cc1-n1c2ccccc2c2cc(-c3cccc(C)c3)ccc21. The molecule has 0 saturated carbocycles.